The van der Waals surface area contributed by atoms with Crippen molar-refractivity contribution in [2.75, 3.05) is 20.2 Å². The number of phenols is 1. The largest absolute Gasteiger partial charge is 0.504 e. The molecule has 2 rings (SSSR count). The monoisotopic (exact) mass is 329 g/mol. The molecule has 4 nitrogen and oxygen atoms in total. The molecule has 2 unspecified atom stereocenters. The molecule has 0 radical (unpaired) electrons. The lowest BCUT2D eigenvalue weighted by Gasteiger charge is -2.19. The van der Waals surface area contributed by atoms with Crippen LogP contribution in [0.25, 0.3) is 0 Å². The highest BCUT2D eigenvalue weighted by molar-refractivity contribution is 9.10. The number of aliphatic hydroxyl groups excluding tert-OH is 1. The van der Waals surface area contributed by atoms with Crippen LogP contribution in [0.2, 0.25) is 0 Å². The molecule has 106 valence electrons. The highest BCUT2D eigenvalue weighted by Gasteiger charge is 2.26. The number of aromatic hydroxyl groups is 1. The Kier molecular flexibility index (Phi) is 4.71. The lowest BCUT2D eigenvalue weighted by atomic mass is 10.0. The quantitative estimate of drug-likeness (QED) is 0.890. The Labute approximate surface area is 122 Å². The number of nitrogens with zero attached hydrogens (tertiary/aromatic N) is 1. The number of phenolic OH excluding ortho intramolecular Hbond substituents is 1. The van der Waals surface area contributed by atoms with E-state index in [0.717, 1.165) is 29.5 Å². The van der Waals surface area contributed by atoms with E-state index in [1.165, 1.54) is 0 Å². The Bertz CT molecular complexity index is 451. The summed E-state index contributed by atoms with van der Waals surface area (Å²) in [4.78, 5) is 2.25. The third kappa shape index (κ3) is 3.41. The lowest BCUT2D eigenvalue weighted by Crippen LogP contribution is -2.24. The first kappa shape index (κ1) is 14.6. The Morgan fingerprint density at radius 3 is 2.84 bits per heavy atom. The van der Waals surface area contributed by atoms with E-state index < -0.39 is 0 Å². The molecule has 0 aromatic heterocycles. The molecule has 19 heavy (non-hydrogen) atoms. The molecular weight excluding hydrogens is 310 g/mol. The smallest absolute Gasteiger partial charge is 0.162 e. The van der Waals surface area contributed by atoms with Gasteiger partial charge >= 0.3 is 0 Å². The third-order valence-corrected chi connectivity index (χ3v) is 4.18. The Hall–Kier alpha value is -0.780. The number of ether oxygens (including phenoxy) is 1. The molecule has 1 aromatic carbocycles. The van der Waals surface area contributed by atoms with Crippen molar-refractivity contribution in [3.8, 4) is 11.5 Å². The van der Waals surface area contributed by atoms with Crippen LogP contribution in [0.15, 0.2) is 16.6 Å². The number of aliphatic hydroxyl groups is 1. The SMILES string of the molecule is COc1cc(Br)cc(CN2CCC(C(C)O)C2)c1O. The molecule has 0 aliphatic carbocycles. The first-order valence-corrected chi connectivity index (χ1v) is 7.26. The van der Waals surface area contributed by atoms with E-state index in [0.29, 0.717) is 18.2 Å². The van der Waals surface area contributed by atoms with Gasteiger partial charge in [0.15, 0.2) is 11.5 Å². The van der Waals surface area contributed by atoms with E-state index in [1.807, 2.05) is 13.0 Å². The summed E-state index contributed by atoms with van der Waals surface area (Å²) in [5.41, 5.74) is 0.845. The Morgan fingerprint density at radius 2 is 2.26 bits per heavy atom. The van der Waals surface area contributed by atoms with Crippen molar-refractivity contribution < 1.29 is 14.9 Å². The van der Waals surface area contributed by atoms with E-state index in [1.54, 1.807) is 13.2 Å². The second-order valence-electron chi connectivity index (χ2n) is 5.14. The zero-order valence-corrected chi connectivity index (χ0v) is 12.9. The van der Waals surface area contributed by atoms with Gasteiger partial charge in [0.05, 0.1) is 13.2 Å². The van der Waals surface area contributed by atoms with Gasteiger partial charge in [-0.1, -0.05) is 15.9 Å². The van der Waals surface area contributed by atoms with Gasteiger partial charge in [0.25, 0.3) is 0 Å². The highest BCUT2D eigenvalue weighted by atomic mass is 79.9. The predicted molar refractivity (Wildman–Crippen MR) is 77.4 cm³/mol. The van der Waals surface area contributed by atoms with Crippen LogP contribution in [-0.4, -0.2) is 41.4 Å². The molecule has 2 N–H and O–H groups in total. The van der Waals surface area contributed by atoms with Gasteiger partial charge in [-0.15, -0.1) is 0 Å². The Morgan fingerprint density at radius 1 is 1.53 bits per heavy atom. The molecule has 1 aliphatic heterocycles. The van der Waals surface area contributed by atoms with Crippen molar-refractivity contribution >= 4 is 15.9 Å². The van der Waals surface area contributed by atoms with Gasteiger partial charge in [0.1, 0.15) is 0 Å². The summed E-state index contributed by atoms with van der Waals surface area (Å²) >= 11 is 3.42. The predicted octanol–water partition coefficient (Wildman–Crippen LogP) is 2.37. The van der Waals surface area contributed by atoms with Crippen molar-refractivity contribution in [1.82, 2.24) is 4.90 Å². The van der Waals surface area contributed by atoms with Crippen LogP contribution >= 0.6 is 15.9 Å². The first-order valence-electron chi connectivity index (χ1n) is 6.47. The van der Waals surface area contributed by atoms with Crippen molar-refractivity contribution in [1.29, 1.82) is 0 Å². The normalized spacial score (nSPS) is 21.6. The molecule has 1 aromatic rings. The van der Waals surface area contributed by atoms with Crippen LogP contribution in [0.5, 0.6) is 11.5 Å². The maximum atomic E-state index is 10.1. The molecule has 0 saturated carbocycles. The summed E-state index contributed by atoms with van der Waals surface area (Å²) in [5.74, 6) is 1.01. The summed E-state index contributed by atoms with van der Waals surface area (Å²) in [6, 6.07) is 3.66. The van der Waals surface area contributed by atoms with E-state index in [4.69, 9.17) is 4.74 Å². The van der Waals surface area contributed by atoms with E-state index in [9.17, 15) is 10.2 Å². The maximum Gasteiger partial charge on any atom is 0.162 e. The Balaban J connectivity index is 2.10. The van der Waals surface area contributed by atoms with Gasteiger partial charge in [-0.05, 0) is 37.9 Å². The van der Waals surface area contributed by atoms with E-state index in [2.05, 4.69) is 20.8 Å². The number of likely N-dealkylation sites (tertiary alicyclic amines) is 1. The lowest BCUT2D eigenvalue weighted by molar-refractivity contribution is 0.127. The van der Waals surface area contributed by atoms with Crippen molar-refractivity contribution in [3.05, 3.63) is 22.2 Å². The van der Waals surface area contributed by atoms with Crippen molar-refractivity contribution in [3.63, 3.8) is 0 Å². The minimum Gasteiger partial charge on any atom is -0.504 e. The third-order valence-electron chi connectivity index (χ3n) is 3.72. The van der Waals surface area contributed by atoms with Crippen molar-refractivity contribution in [2.45, 2.75) is 26.0 Å². The van der Waals surface area contributed by atoms with Crippen LogP contribution in [-0.2, 0) is 6.54 Å². The maximum absolute atomic E-state index is 10.1. The molecule has 0 amide bonds. The number of methoxy groups -OCH3 is 1. The summed E-state index contributed by atoms with van der Waals surface area (Å²) in [7, 11) is 1.55. The van der Waals surface area contributed by atoms with Gasteiger partial charge < -0.3 is 14.9 Å². The number of rotatable bonds is 4. The van der Waals surface area contributed by atoms with Gasteiger partial charge in [0, 0.05) is 23.1 Å². The second kappa shape index (κ2) is 6.11. The second-order valence-corrected chi connectivity index (χ2v) is 6.06. The molecule has 0 bridgehead atoms. The molecule has 1 heterocycles. The number of hydrogen-bond donors (Lipinski definition) is 2. The number of benzene rings is 1. The molecule has 1 saturated heterocycles. The summed E-state index contributed by atoms with van der Waals surface area (Å²) in [5, 5.41) is 19.7. The summed E-state index contributed by atoms with van der Waals surface area (Å²) in [6.07, 6.45) is 0.736. The number of hydrogen-bond acceptors (Lipinski definition) is 4. The molecule has 0 spiro atoms. The highest BCUT2D eigenvalue weighted by Crippen LogP contribution is 2.35. The van der Waals surface area contributed by atoms with Crippen LogP contribution in [0, 0.1) is 5.92 Å². The molecule has 2 atom stereocenters. The number of halogens is 1. The minimum absolute atomic E-state index is 0.200. The van der Waals surface area contributed by atoms with E-state index in [-0.39, 0.29) is 11.9 Å². The van der Waals surface area contributed by atoms with Crippen LogP contribution in [0.1, 0.15) is 18.9 Å². The van der Waals surface area contributed by atoms with Gasteiger partial charge in [-0.3, -0.25) is 4.90 Å². The zero-order valence-electron chi connectivity index (χ0n) is 11.3. The van der Waals surface area contributed by atoms with Crippen molar-refractivity contribution in [2.24, 2.45) is 5.92 Å². The molecule has 1 aliphatic rings. The zero-order chi connectivity index (χ0) is 14.0. The fourth-order valence-electron chi connectivity index (χ4n) is 2.55. The van der Waals surface area contributed by atoms with Crippen LogP contribution in [0.3, 0.4) is 0 Å². The summed E-state index contributed by atoms with van der Waals surface area (Å²) < 4.78 is 6.04. The minimum atomic E-state index is -0.268. The fourth-order valence-corrected chi connectivity index (χ4v) is 3.03. The molecule has 5 heteroatoms. The van der Waals surface area contributed by atoms with Gasteiger partial charge in [0.2, 0.25) is 0 Å². The first-order chi connectivity index (χ1) is 9.01. The molecular formula is C14H20BrNO3. The molecule has 1 fully saturated rings. The average Bonchev–Trinajstić information content (AvgIpc) is 2.82. The topological polar surface area (TPSA) is 52.9 Å². The standard InChI is InChI=1S/C14H20BrNO3/c1-9(17)10-3-4-16(7-10)8-11-5-12(15)6-13(19-2)14(11)18/h5-6,9-10,17-18H,3-4,7-8H2,1-2H3. The fraction of sp³-hybridized carbons (Fsp3) is 0.571. The summed E-state index contributed by atoms with van der Waals surface area (Å²) in [6.45, 7) is 4.33. The van der Waals surface area contributed by atoms with E-state index >= 15 is 0 Å². The van der Waals surface area contributed by atoms with Gasteiger partial charge in [-0.2, -0.15) is 0 Å². The van der Waals surface area contributed by atoms with Crippen LogP contribution in [0.4, 0.5) is 0 Å². The average molecular weight is 330 g/mol. The van der Waals surface area contributed by atoms with Crippen LogP contribution < -0.4 is 4.74 Å². The van der Waals surface area contributed by atoms with Gasteiger partial charge in [-0.25, -0.2) is 0 Å².